The normalized spacial score (nSPS) is 10.8. The number of H-pyrrole nitrogens is 1. The average Bonchev–Trinajstić information content (AvgIpc) is 2.90. The Kier molecular flexibility index (Phi) is 5.56. The molecule has 8 heteroatoms. The fourth-order valence-electron chi connectivity index (χ4n) is 2.11. The van der Waals surface area contributed by atoms with Crippen LogP contribution in [-0.4, -0.2) is 41.6 Å². The van der Waals surface area contributed by atoms with Crippen LogP contribution in [0.1, 0.15) is 18.1 Å². The Morgan fingerprint density at radius 3 is 3.00 bits per heavy atom. The monoisotopic (exact) mass is 318 g/mol. The van der Waals surface area contributed by atoms with Crippen molar-refractivity contribution < 1.29 is 19.4 Å². The second-order valence-corrected chi connectivity index (χ2v) is 4.69. The van der Waals surface area contributed by atoms with Crippen molar-refractivity contribution >= 4 is 29.3 Å². The molecule has 8 nitrogen and oxygen atoms in total. The van der Waals surface area contributed by atoms with E-state index in [1.165, 1.54) is 6.21 Å². The lowest BCUT2D eigenvalue weighted by Gasteiger charge is -2.01. The fourth-order valence-corrected chi connectivity index (χ4v) is 2.11. The lowest BCUT2D eigenvalue weighted by Crippen LogP contribution is -2.23. The van der Waals surface area contributed by atoms with Crippen LogP contribution < -0.4 is 10.7 Å². The third kappa shape index (κ3) is 4.73. The van der Waals surface area contributed by atoms with E-state index in [4.69, 9.17) is 9.84 Å². The molecule has 1 aromatic carbocycles. The number of carbonyl (C=O) groups excluding carboxylic acids is 1. The number of ether oxygens (including phenoxy) is 1. The number of amides is 2. The molecule has 1 aromatic heterocycles. The van der Waals surface area contributed by atoms with Crippen molar-refractivity contribution in [1.29, 1.82) is 0 Å². The van der Waals surface area contributed by atoms with Crippen LogP contribution in [0.4, 0.5) is 9.59 Å². The highest BCUT2D eigenvalue weighted by atomic mass is 16.5. The van der Waals surface area contributed by atoms with E-state index < -0.39 is 12.2 Å². The number of carbonyl (C=O) groups is 2. The topological polar surface area (TPSA) is 116 Å². The molecule has 0 unspecified atom stereocenters. The van der Waals surface area contributed by atoms with E-state index in [1.807, 2.05) is 24.4 Å². The third-order valence-corrected chi connectivity index (χ3v) is 3.11. The first-order valence-electron chi connectivity index (χ1n) is 7.12. The van der Waals surface area contributed by atoms with Gasteiger partial charge in [-0.1, -0.05) is 6.07 Å². The van der Waals surface area contributed by atoms with E-state index >= 15 is 0 Å². The predicted octanol–water partition coefficient (Wildman–Crippen LogP) is 2.06. The van der Waals surface area contributed by atoms with Crippen LogP contribution in [0.2, 0.25) is 0 Å². The molecular formula is C15H18N4O4. The molecule has 1 heterocycles. The van der Waals surface area contributed by atoms with Crippen LogP contribution in [0.15, 0.2) is 29.5 Å². The summed E-state index contributed by atoms with van der Waals surface area (Å²) in [6.45, 7) is 2.33. The number of hydrogen-bond donors (Lipinski definition) is 4. The van der Waals surface area contributed by atoms with Crippen molar-refractivity contribution in [3.63, 3.8) is 0 Å². The number of hydrazone groups is 1. The molecule has 2 amide bonds. The summed E-state index contributed by atoms with van der Waals surface area (Å²) in [5.41, 5.74) is 5.02. The summed E-state index contributed by atoms with van der Waals surface area (Å²) in [7, 11) is 0. The second-order valence-electron chi connectivity index (χ2n) is 4.69. The first-order valence-corrected chi connectivity index (χ1v) is 7.12. The molecule has 0 atom stereocenters. The van der Waals surface area contributed by atoms with E-state index in [-0.39, 0.29) is 6.61 Å². The number of fused-ring (bicyclic) bond motifs is 1. The van der Waals surface area contributed by atoms with Gasteiger partial charge in [0.05, 0.1) is 12.8 Å². The smallest absolute Gasteiger partial charge is 0.427 e. The van der Waals surface area contributed by atoms with E-state index in [0.29, 0.717) is 13.0 Å². The number of aromatic nitrogens is 1. The van der Waals surface area contributed by atoms with Crippen LogP contribution in [0.3, 0.4) is 0 Å². The Morgan fingerprint density at radius 2 is 2.26 bits per heavy atom. The maximum absolute atomic E-state index is 11.1. The molecule has 0 saturated carbocycles. The molecule has 2 rings (SSSR count). The van der Waals surface area contributed by atoms with E-state index in [1.54, 1.807) is 6.92 Å². The van der Waals surface area contributed by atoms with Crippen molar-refractivity contribution in [2.45, 2.75) is 13.3 Å². The van der Waals surface area contributed by atoms with Crippen LogP contribution >= 0.6 is 0 Å². The SMILES string of the molecule is CCOC(=O)NN=Cc1ccc2[nH]cc(CCNC(=O)O)c2c1. The maximum atomic E-state index is 11.1. The Hall–Kier alpha value is -3.03. The molecule has 23 heavy (non-hydrogen) atoms. The Morgan fingerprint density at radius 1 is 1.43 bits per heavy atom. The molecule has 0 spiro atoms. The summed E-state index contributed by atoms with van der Waals surface area (Å²) in [4.78, 5) is 24.7. The van der Waals surface area contributed by atoms with E-state index in [0.717, 1.165) is 22.0 Å². The van der Waals surface area contributed by atoms with Gasteiger partial charge in [0.15, 0.2) is 0 Å². The quantitative estimate of drug-likeness (QED) is 0.482. The van der Waals surface area contributed by atoms with E-state index in [2.05, 4.69) is 20.8 Å². The Labute approximate surface area is 132 Å². The van der Waals surface area contributed by atoms with Crippen LogP contribution in [0.25, 0.3) is 10.9 Å². The fraction of sp³-hybridized carbons (Fsp3) is 0.267. The molecule has 0 saturated heterocycles. The van der Waals surface area contributed by atoms with Crippen LogP contribution in [0.5, 0.6) is 0 Å². The van der Waals surface area contributed by atoms with Gasteiger partial charge in [-0.25, -0.2) is 15.0 Å². The van der Waals surface area contributed by atoms with Crippen molar-refractivity contribution in [3.8, 4) is 0 Å². The third-order valence-electron chi connectivity index (χ3n) is 3.11. The Bertz CT molecular complexity index is 723. The van der Waals surface area contributed by atoms with Crippen LogP contribution in [-0.2, 0) is 11.2 Å². The highest BCUT2D eigenvalue weighted by Gasteiger charge is 2.05. The second kappa shape index (κ2) is 7.83. The van der Waals surface area contributed by atoms with Gasteiger partial charge in [0, 0.05) is 23.6 Å². The average molecular weight is 318 g/mol. The van der Waals surface area contributed by atoms with Gasteiger partial charge in [-0.3, -0.25) is 0 Å². The first kappa shape index (κ1) is 16.3. The standard InChI is InChI=1S/C15H18N4O4/c1-2-23-15(22)19-18-8-10-3-4-13-12(7-10)11(9-17-13)5-6-16-14(20)21/h3-4,7-9,16-17H,2,5-6H2,1H3,(H,19,22)(H,20,21). The zero-order valence-electron chi connectivity index (χ0n) is 12.6. The van der Waals surface area contributed by atoms with Gasteiger partial charge in [0.2, 0.25) is 0 Å². The zero-order valence-corrected chi connectivity index (χ0v) is 12.6. The number of hydrogen-bond acceptors (Lipinski definition) is 4. The Balaban J connectivity index is 2.06. The maximum Gasteiger partial charge on any atom is 0.427 e. The molecule has 0 fully saturated rings. The molecular weight excluding hydrogens is 300 g/mol. The number of rotatable bonds is 6. The van der Waals surface area contributed by atoms with Gasteiger partial charge >= 0.3 is 12.2 Å². The van der Waals surface area contributed by atoms with Crippen LogP contribution in [0, 0.1) is 0 Å². The first-order chi connectivity index (χ1) is 11.1. The summed E-state index contributed by atoms with van der Waals surface area (Å²) in [6, 6.07) is 5.67. The minimum Gasteiger partial charge on any atom is -0.465 e. The molecule has 122 valence electrons. The summed E-state index contributed by atoms with van der Waals surface area (Å²) < 4.78 is 4.70. The van der Waals surface area contributed by atoms with Crippen molar-refractivity contribution in [3.05, 3.63) is 35.5 Å². The number of nitrogens with one attached hydrogen (secondary N) is 3. The molecule has 4 N–H and O–H groups in total. The van der Waals surface area contributed by atoms with Crippen molar-refractivity contribution in [1.82, 2.24) is 15.7 Å². The number of nitrogens with zero attached hydrogens (tertiary/aromatic N) is 1. The van der Waals surface area contributed by atoms with Gasteiger partial charge in [-0.2, -0.15) is 5.10 Å². The van der Waals surface area contributed by atoms with Gasteiger partial charge in [0.1, 0.15) is 0 Å². The molecule has 0 bridgehead atoms. The minimum absolute atomic E-state index is 0.282. The molecule has 2 aromatic rings. The van der Waals surface area contributed by atoms with Gasteiger partial charge in [-0.15, -0.1) is 0 Å². The molecule has 0 aliphatic carbocycles. The highest BCUT2D eigenvalue weighted by molar-refractivity contribution is 5.91. The van der Waals surface area contributed by atoms with Gasteiger partial charge in [0.25, 0.3) is 0 Å². The van der Waals surface area contributed by atoms with Crippen molar-refractivity contribution in [2.75, 3.05) is 13.2 Å². The summed E-state index contributed by atoms with van der Waals surface area (Å²) >= 11 is 0. The van der Waals surface area contributed by atoms with Gasteiger partial charge < -0.3 is 20.1 Å². The number of aromatic amines is 1. The molecule has 0 aliphatic heterocycles. The zero-order chi connectivity index (χ0) is 16.7. The largest absolute Gasteiger partial charge is 0.465 e. The highest BCUT2D eigenvalue weighted by Crippen LogP contribution is 2.19. The summed E-state index contributed by atoms with van der Waals surface area (Å²) in [6.07, 6.45) is 2.30. The summed E-state index contributed by atoms with van der Waals surface area (Å²) in [5, 5.41) is 15.7. The lowest BCUT2D eigenvalue weighted by atomic mass is 10.1. The summed E-state index contributed by atoms with van der Waals surface area (Å²) in [5.74, 6) is 0. The predicted molar refractivity (Wildman–Crippen MR) is 85.8 cm³/mol. The molecule has 0 radical (unpaired) electrons. The lowest BCUT2D eigenvalue weighted by molar-refractivity contribution is 0.152. The minimum atomic E-state index is -1.04. The number of benzene rings is 1. The van der Waals surface area contributed by atoms with E-state index in [9.17, 15) is 9.59 Å². The van der Waals surface area contributed by atoms with Crippen molar-refractivity contribution in [2.24, 2.45) is 5.10 Å². The van der Waals surface area contributed by atoms with Gasteiger partial charge in [-0.05, 0) is 36.6 Å². The number of carboxylic acid groups (broad SMARTS) is 1. The molecule has 0 aliphatic rings.